The number of nitrogens with zero attached hydrogens (tertiary/aromatic N) is 4. The number of benzene rings is 1. The van der Waals surface area contributed by atoms with E-state index in [1.54, 1.807) is 13.1 Å². The number of nitrogens with two attached hydrogens (primary N) is 1. The van der Waals surface area contributed by atoms with Crippen LogP contribution >= 0.6 is 0 Å². The average Bonchev–Trinajstić information content (AvgIpc) is 2.64. The van der Waals surface area contributed by atoms with Gasteiger partial charge in [-0.05, 0) is 38.0 Å². The molecule has 4 rings (SSSR count). The van der Waals surface area contributed by atoms with E-state index in [9.17, 15) is 9.90 Å². The van der Waals surface area contributed by atoms with Crippen LogP contribution in [0.3, 0.4) is 0 Å². The molecule has 140 valence electrons. The number of aliphatic hydroxyl groups is 1. The molecule has 0 bridgehead atoms. The zero-order chi connectivity index (χ0) is 19.2. The second-order valence-electron chi connectivity index (χ2n) is 7.48. The summed E-state index contributed by atoms with van der Waals surface area (Å²) in [5.74, 6) is 0.193. The van der Waals surface area contributed by atoms with Gasteiger partial charge < -0.3 is 20.3 Å². The molecule has 1 fully saturated rings. The minimum atomic E-state index is -0.562. The lowest BCUT2D eigenvalue weighted by Gasteiger charge is -2.37. The number of rotatable bonds is 2. The molecule has 0 unspecified atom stereocenters. The van der Waals surface area contributed by atoms with Gasteiger partial charge in [-0.2, -0.15) is 0 Å². The Morgan fingerprint density at radius 3 is 2.52 bits per heavy atom. The third-order valence-electron chi connectivity index (χ3n) is 5.30. The first kappa shape index (κ1) is 17.5. The molecule has 1 saturated heterocycles. The van der Waals surface area contributed by atoms with E-state index in [0.717, 1.165) is 37.2 Å². The lowest BCUT2D eigenvalue weighted by Crippen LogP contribution is -2.42. The summed E-state index contributed by atoms with van der Waals surface area (Å²) in [6.07, 6.45) is 3.01. The highest BCUT2D eigenvalue weighted by Gasteiger charge is 2.27. The Balaban J connectivity index is 1.65. The molecule has 2 aromatic heterocycles. The van der Waals surface area contributed by atoms with Crippen LogP contribution in [0.5, 0.6) is 0 Å². The summed E-state index contributed by atoms with van der Waals surface area (Å²) in [6, 6.07) is 9.89. The van der Waals surface area contributed by atoms with Gasteiger partial charge >= 0.3 is 0 Å². The fraction of sp³-hybridized carbons (Fsp3) is 0.350. The smallest absolute Gasteiger partial charge is 0.264 e. The van der Waals surface area contributed by atoms with Crippen LogP contribution in [-0.2, 0) is 7.05 Å². The average molecular weight is 365 g/mol. The molecule has 0 aliphatic carbocycles. The van der Waals surface area contributed by atoms with E-state index in [1.165, 1.54) is 10.9 Å². The first-order chi connectivity index (χ1) is 12.8. The molecular formula is C20H23N5O2. The molecule has 27 heavy (non-hydrogen) atoms. The maximum atomic E-state index is 12.2. The second kappa shape index (κ2) is 6.35. The number of pyridine rings is 1. The van der Waals surface area contributed by atoms with Crippen molar-refractivity contribution < 1.29 is 5.11 Å². The number of anilines is 2. The third kappa shape index (κ3) is 3.26. The highest BCUT2D eigenvalue weighted by Crippen LogP contribution is 2.29. The molecule has 0 amide bonds. The van der Waals surface area contributed by atoms with Crippen molar-refractivity contribution in [2.45, 2.75) is 25.4 Å². The third-order valence-corrected chi connectivity index (χ3v) is 5.30. The fourth-order valence-electron chi connectivity index (χ4n) is 3.49. The summed E-state index contributed by atoms with van der Waals surface area (Å²) in [5, 5.41) is 10.5. The van der Waals surface area contributed by atoms with E-state index in [1.807, 2.05) is 19.1 Å². The van der Waals surface area contributed by atoms with E-state index < -0.39 is 5.60 Å². The van der Waals surface area contributed by atoms with E-state index in [0.29, 0.717) is 16.6 Å². The minimum absolute atomic E-state index is 0.193. The van der Waals surface area contributed by atoms with Gasteiger partial charge in [0.2, 0.25) is 0 Å². The number of aromatic nitrogens is 3. The summed E-state index contributed by atoms with van der Waals surface area (Å²) >= 11 is 0. The first-order valence-corrected chi connectivity index (χ1v) is 9.04. The van der Waals surface area contributed by atoms with Crippen LogP contribution in [0.2, 0.25) is 0 Å². The van der Waals surface area contributed by atoms with Gasteiger partial charge in [0.05, 0.1) is 23.1 Å². The van der Waals surface area contributed by atoms with E-state index in [-0.39, 0.29) is 11.4 Å². The Hall–Kier alpha value is -2.93. The molecule has 1 aliphatic heterocycles. The van der Waals surface area contributed by atoms with Gasteiger partial charge in [-0.15, -0.1) is 0 Å². The lowest BCUT2D eigenvalue weighted by atomic mass is 9.93. The summed E-state index contributed by atoms with van der Waals surface area (Å²) in [6.45, 7) is 3.56. The van der Waals surface area contributed by atoms with Crippen molar-refractivity contribution in [1.29, 1.82) is 0 Å². The number of hydrogen-bond acceptors (Lipinski definition) is 6. The van der Waals surface area contributed by atoms with Crippen LogP contribution in [0.4, 0.5) is 11.5 Å². The zero-order valence-corrected chi connectivity index (χ0v) is 15.5. The quantitative estimate of drug-likeness (QED) is 0.720. The number of aryl methyl sites for hydroxylation is 1. The predicted molar refractivity (Wildman–Crippen MR) is 107 cm³/mol. The van der Waals surface area contributed by atoms with Crippen molar-refractivity contribution in [1.82, 2.24) is 14.5 Å². The zero-order valence-electron chi connectivity index (χ0n) is 15.5. The first-order valence-electron chi connectivity index (χ1n) is 9.04. The van der Waals surface area contributed by atoms with Gasteiger partial charge in [-0.25, -0.2) is 9.97 Å². The van der Waals surface area contributed by atoms with Gasteiger partial charge in [0.15, 0.2) is 0 Å². The van der Waals surface area contributed by atoms with Crippen molar-refractivity contribution in [3.63, 3.8) is 0 Å². The monoisotopic (exact) mass is 365 g/mol. The van der Waals surface area contributed by atoms with E-state index in [2.05, 4.69) is 27.0 Å². The Kier molecular flexibility index (Phi) is 4.11. The van der Waals surface area contributed by atoms with Crippen molar-refractivity contribution in [2.24, 2.45) is 7.05 Å². The van der Waals surface area contributed by atoms with Crippen molar-refractivity contribution in [3.8, 4) is 11.3 Å². The van der Waals surface area contributed by atoms with Gasteiger partial charge in [-0.1, -0.05) is 12.1 Å². The van der Waals surface area contributed by atoms with Crippen molar-refractivity contribution >= 4 is 22.4 Å². The highest BCUT2D eigenvalue weighted by molar-refractivity contribution is 5.90. The van der Waals surface area contributed by atoms with E-state index in [4.69, 9.17) is 5.73 Å². The highest BCUT2D eigenvalue weighted by atomic mass is 16.3. The fourth-order valence-corrected chi connectivity index (χ4v) is 3.49. The molecule has 3 aromatic rings. The van der Waals surface area contributed by atoms with Crippen molar-refractivity contribution in [2.75, 3.05) is 23.7 Å². The Morgan fingerprint density at radius 1 is 1.19 bits per heavy atom. The van der Waals surface area contributed by atoms with Crippen LogP contribution in [0.25, 0.3) is 22.2 Å². The summed E-state index contributed by atoms with van der Waals surface area (Å²) in [7, 11) is 1.64. The van der Waals surface area contributed by atoms with Crippen LogP contribution in [0.1, 0.15) is 19.8 Å². The Morgan fingerprint density at radius 2 is 1.85 bits per heavy atom. The number of nitrogen functional groups attached to an aromatic ring is 1. The molecule has 3 N–H and O–H groups in total. The molecule has 1 aromatic carbocycles. The van der Waals surface area contributed by atoms with Gasteiger partial charge in [0.25, 0.3) is 5.56 Å². The summed E-state index contributed by atoms with van der Waals surface area (Å²) < 4.78 is 1.39. The topological polar surface area (TPSA) is 97.3 Å². The van der Waals surface area contributed by atoms with Crippen LogP contribution in [-0.4, -0.2) is 38.3 Å². The van der Waals surface area contributed by atoms with Gasteiger partial charge in [-0.3, -0.25) is 4.79 Å². The van der Waals surface area contributed by atoms with Crippen LogP contribution < -0.4 is 16.2 Å². The second-order valence-corrected chi connectivity index (χ2v) is 7.48. The summed E-state index contributed by atoms with van der Waals surface area (Å²) in [4.78, 5) is 23.2. The number of fused-ring (bicyclic) bond motifs is 1. The normalized spacial score (nSPS) is 16.6. The number of piperidine rings is 1. The Bertz CT molecular complexity index is 1050. The molecule has 0 atom stereocenters. The predicted octanol–water partition coefficient (Wildman–Crippen LogP) is 1.93. The molecule has 0 radical (unpaired) electrons. The molecular weight excluding hydrogens is 342 g/mol. The molecule has 0 spiro atoms. The maximum Gasteiger partial charge on any atom is 0.264 e. The lowest BCUT2D eigenvalue weighted by molar-refractivity contribution is 0.0351. The van der Waals surface area contributed by atoms with Crippen LogP contribution in [0, 0.1) is 0 Å². The molecule has 0 saturated carbocycles. The van der Waals surface area contributed by atoms with Crippen LogP contribution in [0.15, 0.2) is 41.5 Å². The maximum absolute atomic E-state index is 12.2. The molecule has 7 heteroatoms. The van der Waals surface area contributed by atoms with Crippen molar-refractivity contribution in [3.05, 3.63) is 47.0 Å². The van der Waals surface area contributed by atoms with E-state index >= 15 is 0 Å². The largest absolute Gasteiger partial charge is 0.390 e. The summed E-state index contributed by atoms with van der Waals surface area (Å²) in [5.41, 5.74) is 8.55. The minimum Gasteiger partial charge on any atom is -0.390 e. The molecule has 1 aliphatic rings. The van der Waals surface area contributed by atoms with Gasteiger partial charge in [0, 0.05) is 31.4 Å². The SMILES string of the molecule is Cn1cnc2cc(-c3ccc(N4CCC(C)(O)CC4)cc3)nc(N)c2c1=O. The van der Waals surface area contributed by atoms with Gasteiger partial charge in [0.1, 0.15) is 11.2 Å². The standard InChI is InChI=1S/C20H23N5O2/c1-20(27)7-9-25(10-8-20)14-5-3-13(4-6-14)15-11-16-17(18(21)23-15)19(26)24(2)12-22-16/h3-6,11-12,27H,7-10H2,1-2H3,(H2,21,23). The number of hydrogen-bond donors (Lipinski definition) is 2. The molecule has 3 heterocycles. The Labute approximate surface area is 157 Å². The molecule has 7 nitrogen and oxygen atoms in total.